The Balaban J connectivity index is 2.94. The van der Waals surface area contributed by atoms with E-state index in [1.165, 1.54) is 4.90 Å². The molecule has 0 saturated heterocycles. The van der Waals surface area contributed by atoms with Gasteiger partial charge in [0.1, 0.15) is 11.6 Å². The molecule has 122 valence electrons. The maximum Gasteiger partial charge on any atom is 0.411 e. The van der Waals surface area contributed by atoms with Gasteiger partial charge in [-0.05, 0) is 40.2 Å². The largest absolute Gasteiger partial charge is 0.464 e. The van der Waals surface area contributed by atoms with Gasteiger partial charge in [-0.15, -0.1) is 0 Å². The highest BCUT2D eigenvalue weighted by atomic mass is 16.6. The Morgan fingerprint density at radius 2 is 1.77 bits per heavy atom. The van der Waals surface area contributed by atoms with E-state index in [0.29, 0.717) is 0 Å². The summed E-state index contributed by atoms with van der Waals surface area (Å²) in [4.78, 5) is 25.8. The number of benzene rings is 1. The number of hydrogen-bond acceptors (Lipinski definition) is 4. The zero-order valence-corrected chi connectivity index (χ0v) is 14.0. The van der Waals surface area contributed by atoms with Gasteiger partial charge in [0.2, 0.25) is 0 Å². The Kier molecular flexibility index (Phi) is 6.40. The predicted molar refractivity (Wildman–Crippen MR) is 84.3 cm³/mol. The molecular formula is C17H25NO4. The second kappa shape index (κ2) is 7.82. The molecule has 1 aromatic carbocycles. The van der Waals surface area contributed by atoms with E-state index in [1.54, 1.807) is 34.6 Å². The second-order valence-corrected chi connectivity index (χ2v) is 6.02. The minimum Gasteiger partial charge on any atom is -0.464 e. The molecule has 1 unspecified atom stereocenters. The lowest BCUT2D eigenvalue weighted by Gasteiger charge is -2.30. The van der Waals surface area contributed by atoms with Gasteiger partial charge in [0.05, 0.1) is 6.61 Å². The quantitative estimate of drug-likeness (QED) is 0.783. The summed E-state index contributed by atoms with van der Waals surface area (Å²) in [5, 5.41) is 0. The van der Waals surface area contributed by atoms with Gasteiger partial charge in [0.25, 0.3) is 0 Å². The Morgan fingerprint density at radius 1 is 1.18 bits per heavy atom. The summed E-state index contributed by atoms with van der Waals surface area (Å²) in [6.07, 6.45) is -0.531. The van der Waals surface area contributed by atoms with Gasteiger partial charge >= 0.3 is 12.1 Å². The van der Waals surface area contributed by atoms with E-state index in [1.807, 2.05) is 30.3 Å². The van der Waals surface area contributed by atoms with E-state index in [0.717, 1.165) is 5.56 Å². The normalized spacial score (nSPS) is 12.4. The maximum absolute atomic E-state index is 12.4. The van der Waals surface area contributed by atoms with E-state index in [9.17, 15) is 9.59 Å². The van der Waals surface area contributed by atoms with Crippen molar-refractivity contribution in [2.75, 3.05) is 6.61 Å². The molecule has 1 aromatic rings. The van der Waals surface area contributed by atoms with Crippen molar-refractivity contribution >= 4 is 12.1 Å². The van der Waals surface area contributed by atoms with Crippen LogP contribution in [0.1, 0.15) is 40.2 Å². The average molecular weight is 307 g/mol. The minimum atomic E-state index is -0.713. The predicted octanol–water partition coefficient (Wildman–Crippen LogP) is 3.38. The Morgan fingerprint density at radius 3 is 2.27 bits per heavy atom. The molecule has 1 rings (SSSR count). The average Bonchev–Trinajstić information content (AvgIpc) is 2.43. The number of rotatable bonds is 5. The fourth-order valence-electron chi connectivity index (χ4n) is 1.85. The van der Waals surface area contributed by atoms with E-state index < -0.39 is 23.7 Å². The van der Waals surface area contributed by atoms with Crippen LogP contribution in [-0.4, -0.2) is 35.2 Å². The first-order valence-electron chi connectivity index (χ1n) is 7.44. The number of nitrogens with zero attached hydrogens (tertiary/aromatic N) is 1. The van der Waals surface area contributed by atoms with Crippen molar-refractivity contribution in [3.8, 4) is 0 Å². The van der Waals surface area contributed by atoms with Crippen LogP contribution in [-0.2, 0) is 20.8 Å². The number of hydrogen-bond donors (Lipinski definition) is 0. The number of ether oxygens (including phenoxy) is 2. The van der Waals surface area contributed by atoms with Gasteiger partial charge in [-0.25, -0.2) is 9.59 Å². The van der Waals surface area contributed by atoms with Crippen LogP contribution in [0.15, 0.2) is 30.3 Å². The molecule has 0 fully saturated rings. The zero-order valence-electron chi connectivity index (χ0n) is 14.0. The molecule has 0 radical (unpaired) electrons. The van der Waals surface area contributed by atoms with Gasteiger partial charge in [0.15, 0.2) is 0 Å². The third-order valence-electron chi connectivity index (χ3n) is 2.92. The molecule has 0 N–H and O–H groups in total. The first kappa shape index (κ1) is 18.0. The number of amides is 1. The summed E-state index contributed by atoms with van der Waals surface area (Å²) in [7, 11) is 0. The van der Waals surface area contributed by atoms with Gasteiger partial charge in [-0.1, -0.05) is 30.3 Å². The first-order chi connectivity index (χ1) is 10.2. The lowest BCUT2D eigenvalue weighted by atomic mass is 10.2. The van der Waals surface area contributed by atoms with Crippen molar-refractivity contribution in [3.63, 3.8) is 0 Å². The van der Waals surface area contributed by atoms with Crippen LogP contribution < -0.4 is 0 Å². The SMILES string of the molecule is CCOC(=O)C(C)N(Cc1ccccc1)C(=O)OC(C)(C)C. The molecule has 0 spiro atoms. The van der Waals surface area contributed by atoms with E-state index >= 15 is 0 Å². The van der Waals surface area contributed by atoms with Crippen LogP contribution in [0.2, 0.25) is 0 Å². The molecular weight excluding hydrogens is 282 g/mol. The fourth-order valence-corrected chi connectivity index (χ4v) is 1.85. The van der Waals surface area contributed by atoms with Crippen molar-refractivity contribution in [2.24, 2.45) is 0 Å². The smallest absolute Gasteiger partial charge is 0.411 e. The summed E-state index contributed by atoms with van der Waals surface area (Å²) in [6, 6.07) is 8.76. The minimum absolute atomic E-state index is 0.274. The van der Waals surface area contributed by atoms with E-state index in [2.05, 4.69) is 0 Å². The fraction of sp³-hybridized carbons (Fsp3) is 0.529. The molecule has 1 atom stereocenters. The number of carbonyl (C=O) groups is 2. The maximum atomic E-state index is 12.4. The van der Waals surface area contributed by atoms with Crippen molar-refractivity contribution < 1.29 is 19.1 Å². The molecule has 0 aliphatic carbocycles. The van der Waals surface area contributed by atoms with Gasteiger partial charge in [-0.2, -0.15) is 0 Å². The molecule has 5 heteroatoms. The molecule has 0 aliphatic heterocycles. The van der Waals surface area contributed by atoms with Gasteiger partial charge < -0.3 is 9.47 Å². The standard InChI is InChI=1S/C17H25NO4/c1-6-21-15(19)13(2)18(16(20)22-17(3,4)5)12-14-10-8-7-9-11-14/h7-11,13H,6,12H2,1-5H3. The lowest BCUT2D eigenvalue weighted by Crippen LogP contribution is -2.45. The van der Waals surface area contributed by atoms with E-state index in [-0.39, 0.29) is 13.2 Å². The highest BCUT2D eigenvalue weighted by Gasteiger charge is 2.30. The van der Waals surface area contributed by atoms with Gasteiger partial charge in [-0.3, -0.25) is 4.90 Å². The summed E-state index contributed by atoms with van der Waals surface area (Å²) in [5.74, 6) is -0.440. The molecule has 5 nitrogen and oxygen atoms in total. The summed E-state index contributed by atoms with van der Waals surface area (Å²) >= 11 is 0. The highest BCUT2D eigenvalue weighted by molar-refractivity contribution is 5.81. The van der Waals surface area contributed by atoms with Crippen molar-refractivity contribution in [1.29, 1.82) is 0 Å². The Bertz CT molecular complexity index is 493. The summed E-state index contributed by atoms with van der Waals surface area (Å²) in [5.41, 5.74) is 0.296. The molecule has 0 heterocycles. The molecule has 1 amide bonds. The molecule has 0 saturated carbocycles. The van der Waals surface area contributed by atoms with E-state index in [4.69, 9.17) is 9.47 Å². The third-order valence-corrected chi connectivity index (χ3v) is 2.92. The molecule has 0 aromatic heterocycles. The van der Waals surface area contributed by atoms with Crippen molar-refractivity contribution in [3.05, 3.63) is 35.9 Å². The highest BCUT2D eigenvalue weighted by Crippen LogP contribution is 2.16. The van der Waals surface area contributed by atoms with Crippen molar-refractivity contribution in [1.82, 2.24) is 4.90 Å². The Hall–Kier alpha value is -2.04. The monoisotopic (exact) mass is 307 g/mol. The Labute approximate surface area is 132 Å². The van der Waals surface area contributed by atoms with Crippen LogP contribution in [0.5, 0.6) is 0 Å². The van der Waals surface area contributed by atoms with Crippen molar-refractivity contribution in [2.45, 2.75) is 52.8 Å². The van der Waals surface area contributed by atoms with Crippen LogP contribution in [0, 0.1) is 0 Å². The lowest BCUT2D eigenvalue weighted by molar-refractivity contribution is -0.148. The summed E-state index contributed by atoms with van der Waals surface area (Å²) in [6.45, 7) is 9.32. The second-order valence-electron chi connectivity index (χ2n) is 6.02. The number of carbonyl (C=O) groups excluding carboxylic acids is 2. The molecule has 0 aliphatic rings. The zero-order chi connectivity index (χ0) is 16.8. The van der Waals surface area contributed by atoms with Crippen LogP contribution >= 0.6 is 0 Å². The first-order valence-corrected chi connectivity index (χ1v) is 7.44. The van der Waals surface area contributed by atoms with Crippen LogP contribution in [0.4, 0.5) is 4.79 Å². The third kappa shape index (κ3) is 5.76. The molecule has 22 heavy (non-hydrogen) atoms. The summed E-state index contributed by atoms with van der Waals surface area (Å²) < 4.78 is 10.4. The topological polar surface area (TPSA) is 55.8 Å². The van der Waals surface area contributed by atoms with Gasteiger partial charge in [0, 0.05) is 6.54 Å². The van der Waals surface area contributed by atoms with Crippen LogP contribution in [0.3, 0.4) is 0 Å². The molecule has 0 bridgehead atoms. The number of esters is 1. The van der Waals surface area contributed by atoms with Crippen LogP contribution in [0.25, 0.3) is 0 Å².